The number of ether oxygens (including phenoxy) is 1. The van der Waals surface area contributed by atoms with Crippen LogP contribution in [0.3, 0.4) is 0 Å². The van der Waals surface area contributed by atoms with Gasteiger partial charge in [0, 0.05) is 32.4 Å². The fourth-order valence-corrected chi connectivity index (χ4v) is 1.76. The van der Waals surface area contributed by atoms with Crippen molar-refractivity contribution < 1.29 is 4.74 Å². The fourth-order valence-electron chi connectivity index (χ4n) is 1.76. The standard InChI is InChI=1S/C13H22N4O/c1-10(2)17(7-8-18-3)9-11-5-4-6-16-12(11)13(14)15/h4-6,10H,7-9H2,1-3H3,(H3,14,15). The van der Waals surface area contributed by atoms with Gasteiger partial charge < -0.3 is 10.5 Å². The van der Waals surface area contributed by atoms with Crippen molar-refractivity contribution in [3.8, 4) is 0 Å². The van der Waals surface area contributed by atoms with Crippen molar-refractivity contribution in [2.45, 2.75) is 26.4 Å². The maximum atomic E-state index is 7.54. The van der Waals surface area contributed by atoms with Gasteiger partial charge in [-0.2, -0.15) is 0 Å². The van der Waals surface area contributed by atoms with E-state index in [9.17, 15) is 0 Å². The summed E-state index contributed by atoms with van der Waals surface area (Å²) >= 11 is 0. The normalized spacial score (nSPS) is 11.2. The van der Waals surface area contributed by atoms with Gasteiger partial charge in [-0.05, 0) is 25.5 Å². The Balaban J connectivity index is 2.83. The molecule has 0 bridgehead atoms. The summed E-state index contributed by atoms with van der Waals surface area (Å²) in [6.07, 6.45) is 1.66. The van der Waals surface area contributed by atoms with Gasteiger partial charge in [-0.3, -0.25) is 15.3 Å². The molecule has 0 saturated heterocycles. The smallest absolute Gasteiger partial charge is 0.142 e. The van der Waals surface area contributed by atoms with Crippen LogP contribution in [0.25, 0.3) is 0 Å². The molecule has 0 amide bonds. The van der Waals surface area contributed by atoms with Gasteiger partial charge in [-0.1, -0.05) is 6.07 Å². The van der Waals surface area contributed by atoms with E-state index in [4.69, 9.17) is 15.9 Å². The van der Waals surface area contributed by atoms with E-state index in [1.807, 2.05) is 12.1 Å². The molecule has 0 aliphatic carbocycles. The van der Waals surface area contributed by atoms with Crippen molar-refractivity contribution in [3.05, 3.63) is 29.6 Å². The first-order valence-corrected chi connectivity index (χ1v) is 6.07. The lowest BCUT2D eigenvalue weighted by molar-refractivity contribution is 0.125. The van der Waals surface area contributed by atoms with Crippen molar-refractivity contribution in [2.75, 3.05) is 20.3 Å². The molecule has 5 heteroatoms. The monoisotopic (exact) mass is 250 g/mol. The van der Waals surface area contributed by atoms with Gasteiger partial charge in [0.05, 0.1) is 6.61 Å². The second kappa shape index (κ2) is 7.08. The Bertz CT molecular complexity index is 392. The first-order chi connectivity index (χ1) is 8.56. The molecule has 1 heterocycles. The van der Waals surface area contributed by atoms with Gasteiger partial charge in [0.25, 0.3) is 0 Å². The molecule has 0 aliphatic rings. The number of rotatable bonds is 7. The minimum Gasteiger partial charge on any atom is -0.383 e. The molecule has 0 fully saturated rings. The van der Waals surface area contributed by atoms with Crippen LogP contribution >= 0.6 is 0 Å². The third-order valence-corrected chi connectivity index (χ3v) is 2.83. The Morgan fingerprint density at radius 3 is 2.83 bits per heavy atom. The highest BCUT2D eigenvalue weighted by molar-refractivity contribution is 5.94. The lowest BCUT2D eigenvalue weighted by atomic mass is 10.1. The first kappa shape index (κ1) is 14.6. The van der Waals surface area contributed by atoms with Crippen molar-refractivity contribution >= 4 is 5.84 Å². The van der Waals surface area contributed by atoms with Crippen LogP contribution in [0, 0.1) is 5.41 Å². The summed E-state index contributed by atoms with van der Waals surface area (Å²) < 4.78 is 5.11. The van der Waals surface area contributed by atoms with E-state index in [-0.39, 0.29) is 5.84 Å². The molecule has 0 radical (unpaired) electrons. The Morgan fingerprint density at radius 1 is 1.56 bits per heavy atom. The number of hydrogen-bond acceptors (Lipinski definition) is 4. The van der Waals surface area contributed by atoms with Crippen LogP contribution < -0.4 is 5.73 Å². The molecule has 0 unspecified atom stereocenters. The number of methoxy groups -OCH3 is 1. The number of pyridine rings is 1. The summed E-state index contributed by atoms with van der Waals surface area (Å²) in [5.41, 5.74) is 7.10. The largest absolute Gasteiger partial charge is 0.383 e. The number of nitrogen functional groups attached to an aromatic ring is 1. The van der Waals surface area contributed by atoms with Crippen LogP contribution in [-0.4, -0.2) is 42.0 Å². The summed E-state index contributed by atoms with van der Waals surface area (Å²) in [6.45, 7) is 6.54. The molecule has 18 heavy (non-hydrogen) atoms. The van der Waals surface area contributed by atoms with E-state index >= 15 is 0 Å². The molecule has 0 atom stereocenters. The van der Waals surface area contributed by atoms with E-state index in [0.29, 0.717) is 18.3 Å². The second-order valence-electron chi connectivity index (χ2n) is 4.48. The highest BCUT2D eigenvalue weighted by Crippen LogP contribution is 2.11. The summed E-state index contributed by atoms with van der Waals surface area (Å²) in [5.74, 6) is 0.0149. The Labute approximate surface area is 108 Å². The molecular formula is C13H22N4O. The maximum Gasteiger partial charge on any atom is 0.142 e. The Kier molecular flexibility index (Phi) is 5.74. The van der Waals surface area contributed by atoms with Crippen molar-refractivity contribution in [1.29, 1.82) is 5.41 Å². The summed E-state index contributed by atoms with van der Waals surface area (Å²) in [7, 11) is 1.70. The van der Waals surface area contributed by atoms with Crippen LogP contribution in [0.1, 0.15) is 25.1 Å². The Hall–Kier alpha value is -1.46. The van der Waals surface area contributed by atoms with E-state index in [0.717, 1.165) is 18.7 Å². The number of nitrogens with one attached hydrogen (secondary N) is 1. The molecule has 0 spiro atoms. The molecule has 1 aromatic rings. The number of aromatic nitrogens is 1. The number of amidine groups is 1. The van der Waals surface area contributed by atoms with Crippen LogP contribution in [0.15, 0.2) is 18.3 Å². The summed E-state index contributed by atoms with van der Waals surface area (Å²) in [5, 5.41) is 7.54. The van der Waals surface area contributed by atoms with Crippen LogP contribution in [-0.2, 0) is 11.3 Å². The maximum absolute atomic E-state index is 7.54. The lowest BCUT2D eigenvalue weighted by Crippen LogP contribution is -2.34. The topological polar surface area (TPSA) is 75.2 Å². The summed E-state index contributed by atoms with van der Waals surface area (Å²) in [6, 6.07) is 4.24. The molecule has 1 rings (SSSR count). The Morgan fingerprint density at radius 2 is 2.28 bits per heavy atom. The van der Waals surface area contributed by atoms with Crippen LogP contribution in [0.4, 0.5) is 0 Å². The molecule has 0 aromatic carbocycles. The van der Waals surface area contributed by atoms with Gasteiger partial charge >= 0.3 is 0 Å². The minimum atomic E-state index is 0.0149. The van der Waals surface area contributed by atoms with E-state index in [1.54, 1.807) is 13.3 Å². The zero-order valence-corrected chi connectivity index (χ0v) is 11.3. The van der Waals surface area contributed by atoms with Crippen LogP contribution in [0.5, 0.6) is 0 Å². The van der Waals surface area contributed by atoms with Crippen molar-refractivity contribution in [2.24, 2.45) is 5.73 Å². The van der Waals surface area contributed by atoms with Gasteiger partial charge in [-0.25, -0.2) is 0 Å². The highest BCUT2D eigenvalue weighted by atomic mass is 16.5. The SMILES string of the molecule is COCCN(Cc1cccnc1C(=N)N)C(C)C. The summed E-state index contributed by atoms with van der Waals surface area (Å²) in [4.78, 5) is 6.43. The van der Waals surface area contributed by atoms with Gasteiger partial charge in [0.15, 0.2) is 0 Å². The van der Waals surface area contributed by atoms with E-state index < -0.39 is 0 Å². The quantitative estimate of drug-likeness (QED) is 0.563. The zero-order valence-electron chi connectivity index (χ0n) is 11.3. The molecule has 5 nitrogen and oxygen atoms in total. The lowest BCUT2D eigenvalue weighted by Gasteiger charge is -2.26. The van der Waals surface area contributed by atoms with Gasteiger partial charge in [-0.15, -0.1) is 0 Å². The second-order valence-corrected chi connectivity index (χ2v) is 4.48. The molecule has 100 valence electrons. The van der Waals surface area contributed by atoms with Gasteiger partial charge in [0.2, 0.25) is 0 Å². The van der Waals surface area contributed by atoms with Crippen LogP contribution in [0.2, 0.25) is 0 Å². The third-order valence-electron chi connectivity index (χ3n) is 2.83. The van der Waals surface area contributed by atoms with E-state index in [2.05, 4.69) is 23.7 Å². The predicted molar refractivity (Wildman–Crippen MR) is 72.7 cm³/mol. The first-order valence-electron chi connectivity index (χ1n) is 6.07. The number of hydrogen-bond donors (Lipinski definition) is 2. The van der Waals surface area contributed by atoms with Crippen molar-refractivity contribution in [3.63, 3.8) is 0 Å². The van der Waals surface area contributed by atoms with Gasteiger partial charge in [0.1, 0.15) is 11.5 Å². The molecule has 1 aromatic heterocycles. The molecular weight excluding hydrogens is 228 g/mol. The number of nitrogens with zero attached hydrogens (tertiary/aromatic N) is 2. The molecule has 0 aliphatic heterocycles. The third kappa shape index (κ3) is 4.09. The number of nitrogens with two attached hydrogens (primary N) is 1. The predicted octanol–water partition coefficient (Wildman–Crippen LogP) is 1.22. The fraction of sp³-hybridized carbons (Fsp3) is 0.538. The molecule has 3 N–H and O–H groups in total. The highest BCUT2D eigenvalue weighted by Gasteiger charge is 2.13. The minimum absolute atomic E-state index is 0.0149. The average Bonchev–Trinajstić information content (AvgIpc) is 2.34. The molecule has 0 saturated carbocycles. The van der Waals surface area contributed by atoms with E-state index in [1.165, 1.54) is 0 Å². The zero-order chi connectivity index (χ0) is 13.5. The van der Waals surface area contributed by atoms with Crippen molar-refractivity contribution in [1.82, 2.24) is 9.88 Å². The average molecular weight is 250 g/mol.